The number of rotatable bonds is 5. The van der Waals surface area contributed by atoms with E-state index >= 15 is 0 Å². The van der Waals surface area contributed by atoms with E-state index in [2.05, 4.69) is 20.3 Å². The van der Waals surface area contributed by atoms with Crippen molar-refractivity contribution >= 4 is 35.4 Å². The first-order valence-corrected chi connectivity index (χ1v) is 11.6. The minimum absolute atomic E-state index is 0.371. The molecule has 0 saturated heterocycles. The SMILES string of the molecule is O=c1cnn(-c2ccc(C(c3ccc(Cl)cc3)c3n[nH]c(=S)n3-c3ccccc3)c(Cl)c2)c(=O)[nH]1. The molecule has 0 radical (unpaired) electrons. The van der Waals surface area contributed by atoms with E-state index in [4.69, 9.17) is 35.4 Å². The lowest BCUT2D eigenvalue weighted by atomic mass is 9.90. The zero-order chi connectivity index (χ0) is 24.5. The van der Waals surface area contributed by atoms with Gasteiger partial charge in [0.15, 0.2) is 4.77 Å². The van der Waals surface area contributed by atoms with Gasteiger partial charge in [-0.2, -0.15) is 14.9 Å². The molecule has 0 spiro atoms. The summed E-state index contributed by atoms with van der Waals surface area (Å²) in [7, 11) is 0. The zero-order valence-corrected chi connectivity index (χ0v) is 20.2. The number of aromatic nitrogens is 6. The van der Waals surface area contributed by atoms with Crippen molar-refractivity contribution in [3.63, 3.8) is 0 Å². The lowest BCUT2D eigenvalue weighted by Gasteiger charge is -2.20. The molecule has 2 N–H and O–H groups in total. The van der Waals surface area contributed by atoms with E-state index in [1.54, 1.807) is 30.3 Å². The average Bonchev–Trinajstić information content (AvgIpc) is 3.23. The molecule has 0 saturated carbocycles. The molecule has 1 atom stereocenters. The Morgan fingerprint density at radius 3 is 2.34 bits per heavy atom. The summed E-state index contributed by atoms with van der Waals surface area (Å²) in [6.07, 6.45) is 1.03. The third kappa shape index (κ3) is 4.49. The van der Waals surface area contributed by atoms with Crippen molar-refractivity contribution in [3.05, 3.63) is 132 Å². The molecule has 0 fully saturated rings. The van der Waals surface area contributed by atoms with Gasteiger partial charge in [0.25, 0.3) is 5.56 Å². The van der Waals surface area contributed by atoms with Crippen LogP contribution in [-0.2, 0) is 0 Å². The first-order chi connectivity index (χ1) is 16.9. The largest absolute Gasteiger partial charge is 0.349 e. The van der Waals surface area contributed by atoms with Crippen molar-refractivity contribution in [1.82, 2.24) is 29.5 Å². The Balaban J connectivity index is 1.71. The van der Waals surface area contributed by atoms with Crippen LogP contribution in [0.1, 0.15) is 22.9 Å². The third-order valence-corrected chi connectivity index (χ3v) is 6.28. The van der Waals surface area contributed by atoms with E-state index < -0.39 is 17.2 Å². The van der Waals surface area contributed by atoms with E-state index in [9.17, 15) is 9.59 Å². The summed E-state index contributed by atoms with van der Waals surface area (Å²) < 4.78 is 3.35. The maximum atomic E-state index is 12.2. The monoisotopic (exact) mass is 522 g/mol. The van der Waals surface area contributed by atoms with Crippen LogP contribution in [0.15, 0.2) is 88.6 Å². The summed E-state index contributed by atoms with van der Waals surface area (Å²) in [4.78, 5) is 25.8. The first kappa shape index (κ1) is 23.0. The van der Waals surface area contributed by atoms with Crippen LogP contribution < -0.4 is 11.2 Å². The Labute approximate surface area is 213 Å². The number of para-hydroxylation sites is 1. The zero-order valence-electron chi connectivity index (χ0n) is 17.9. The fourth-order valence-electron chi connectivity index (χ4n) is 3.87. The summed E-state index contributed by atoms with van der Waals surface area (Å²) in [5.74, 6) is 0.194. The van der Waals surface area contributed by atoms with Crippen LogP contribution in [0.4, 0.5) is 0 Å². The molecule has 2 heterocycles. The second kappa shape index (κ2) is 9.46. The van der Waals surface area contributed by atoms with Gasteiger partial charge in [-0.05, 0) is 59.7 Å². The van der Waals surface area contributed by atoms with Crippen molar-refractivity contribution in [2.24, 2.45) is 0 Å². The maximum absolute atomic E-state index is 12.2. The number of hydrogen-bond donors (Lipinski definition) is 2. The Kier molecular flexibility index (Phi) is 6.21. The smallest absolute Gasteiger partial charge is 0.271 e. The van der Waals surface area contributed by atoms with Gasteiger partial charge in [0.05, 0.1) is 11.6 Å². The highest BCUT2D eigenvalue weighted by atomic mass is 35.5. The van der Waals surface area contributed by atoms with Crippen LogP contribution in [0.5, 0.6) is 0 Å². The van der Waals surface area contributed by atoms with Gasteiger partial charge in [-0.1, -0.05) is 59.6 Å². The van der Waals surface area contributed by atoms with Crippen LogP contribution in [-0.4, -0.2) is 29.5 Å². The Morgan fingerprint density at radius 1 is 0.914 bits per heavy atom. The van der Waals surface area contributed by atoms with Gasteiger partial charge in [-0.25, -0.2) is 4.79 Å². The minimum atomic E-state index is -0.666. The van der Waals surface area contributed by atoms with E-state index in [-0.39, 0.29) is 0 Å². The molecule has 0 aliphatic heterocycles. The van der Waals surface area contributed by atoms with E-state index in [1.807, 2.05) is 47.0 Å². The van der Waals surface area contributed by atoms with Crippen molar-refractivity contribution in [2.45, 2.75) is 5.92 Å². The summed E-state index contributed by atoms with van der Waals surface area (Å²) in [6.45, 7) is 0. The second-order valence-corrected chi connectivity index (χ2v) is 8.83. The van der Waals surface area contributed by atoms with E-state index in [1.165, 1.54) is 0 Å². The highest BCUT2D eigenvalue weighted by Crippen LogP contribution is 2.37. The number of H-pyrrole nitrogens is 2. The number of nitrogens with zero attached hydrogens (tertiary/aromatic N) is 4. The van der Waals surface area contributed by atoms with Crippen LogP contribution in [0, 0.1) is 4.77 Å². The van der Waals surface area contributed by atoms with Crippen LogP contribution in [0.2, 0.25) is 10.0 Å². The molecule has 0 bridgehead atoms. The minimum Gasteiger partial charge on any atom is -0.271 e. The molecule has 0 aliphatic carbocycles. The number of halogens is 2. The molecule has 2 aromatic heterocycles. The Hall–Kier alpha value is -3.79. The van der Waals surface area contributed by atoms with Crippen LogP contribution in [0.25, 0.3) is 11.4 Å². The molecule has 5 rings (SSSR count). The lowest BCUT2D eigenvalue weighted by molar-refractivity contribution is 0.748. The Morgan fingerprint density at radius 2 is 1.66 bits per heavy atom. The normalized spacial score (nSPS) is 11.9. The number of nitrogens with one attached hydrogen (secondary N) is 2. The van der Waals surface area contributed by atoms with Crippen molar-refractivity contribution in [2.75, 3.05) is 0 Å². The summed E-state index contributed by atoms with van der Waals surface area (Å²) in [5, 5.41) is 12.3. The van der Waals surface area contributed by atoms with Crippen LogP contribution >= 0.6 is 35.4 Å². The predicted octanol–water partition coefficient (Wildman–Crippen LogP) is 4.65. The maximum Gasteiger partial charge on any atom is 0.349 e. The fourth-order valence-corrected chi connectivity index (χ4v) is 4.53. The van der Waals surface area contributed by atoms with Crippen molar-refractivity contribution in [1.29, 1.82) is 0 Å². The molecular weight excluding hydrogens is 507 g/mol. The highest BCUT2D eigenvalue weighted by Gasteiger charge is 2.26. The summed E-state index contributed by atoms with van der Waals surface area (Å²) >= 11 is 18.5. The van der Waals surface area contributed by atoms with Gasteiger partial charge >= 0.3 is 5.69 Å². The molecule has 0 amide bonds. The van der Waals surface area contributed by atoms with Gasteiger partial charge < -0.3 is 0 Å². The van der Waals surface area contributed by atoms with Gasteiger partial charge in [-0.3, -0.25) is 19.4 Å². The molecule has 8 nitrogen and oxygen atoms in total. The van der Waals surface area contributed by atoms with Gasteiger partial charge in [0.1, 0.15) is 12.0 Å². The summed E-state index contributed by atoms with van der Waals surface area (Å²) in [5.41, 5.74) is 1.60. The quantitative estimate of drug-likeness (QED) is 0.327. The lowest BCUT2D eigenvalue weighted by Crippen LogP contribution is -2.30. The van der Waals surface area contributed by atoms with Crippen LogP contribution in [0.3, 0.4) is 0 Å². The molecule has 5 aromatic rings. The van der Waals surface area contributed by atoms with Gasteiger partial charge in [0, 0.05) is 15.7 Å². The summed E-state index contributed by atoms with van der Waals surface area (Å²) in [6, 6.07) is 22.1. The molecule has 11 heteroatoms. The number of benzene rings is 3. The first-order valence-electron chi connectivity index (χ1n) is 10.4. The molecule has 35 heavy (non-hydrogen) atoms. The standard InChI is InChI=1S/C24H16Cl2N6O2S/c25-15-8-6-14(7-9-15)21(22-29-30-24(35)31(22)16-4-2-1-3-5-16)18-11-10-17(12-19(18)26)32-23(34)28-20(33)13-27-32/h1-13,21H,(H,30,35)(H,28,33,34). The van der Waals surface area contributed by atoms with Crippen molar-refractivity contribution < 1.29 is 0 Å². The molecular formula is C24H16Cl2N6O2S. The second-order valence-electron chi connectivity index (χ2n) is 7.60. The van der Waals surface area contributed by atoms with Gasteiger partial charge in [-0.15, -0.1) is 0 Å². The fraction of sp³-hybridized carbons (Fsp3) is 0.0417. The van der Waals surface area contributed by atoms with E-state index in [0.29, 0.717) is 26.3 Å². The number of aromatic amines is 2. The molecule has 3 aromatic carbocycles. The molecule has 174 valence electrons. The van der Waals surface area contributed by atoms with Gasteiger partial charge in [0.2, 0.25) is 0 Å². The topological polar surface area (TPSA) is 101 Å². The number of hydrogen-bond acceptors (Lipinski definition) is 5. The third-order valence-electron chi connectivity index (χ3n) is 5.43. The predicted molar refractivity (Wildman–Crippen MR) is 137 cm³/mol. The average molecular weight is 523 g/mol. The highest BCUT2D eigenvalue weighted by molar-refractivity contribution is 7.71. The molecule has 1 unspecified atom stereocenters. The molecule has 0 aliphatic rings. The van der Waals surface area contributed by atoms with E-state index in [0.717, 1.165) is 27.7 Å². The Bertz CT molecular complexity index is 1690. The van der Waals surface area contributed by atoms with Crippen molar-refractivity contribution in [3.8, 4) is 11.4 Å².